The van der Waals surface area contributed by atoms with E-state index in [9.17, 15) is 19.8 Å². The van der Waals surface area contributed by atoms with E-state index in [0.29, 0.717) is 37.6 Å². The molecule has 2 fully saturated rings. The lowest BCUT2D eigenvalue weighted by molar-refractivity contribution is -0.123. The quantitative estimate of drug-likeness (QED) is 0.0826. The lowest BCUT2D eigenvalue weighted by Gasteiger charge is -2.34. The topological polar surface area (TPSA) is 157 Å². The average Bonchev–Trinajstić information content (AvgIpc) is 4.24. The first-order valence-corrected chi connectivity index (χ1v) is 27.6. The van der Waals surface area contributed by atoms with E-state index in [2.05, 4.69) is 105 Å². The molecule has 4 N–H and O–H groups in total. The van der Waals surface area contributed by atoms with Crippen LogP contribution in [0.25, 0.3) is 44.3 Å². The molecular formula is C61H78N8O7. The van der Waals surface area contributed by atoms with Gasteiger partial charge in [-0.05, 0) is 135 Å². The van der Waals surface area contributed by atoms with Gasteiger partial charge >= 0.3 is 12.2 Å². The predicted octanol–water partition coefficient (Wildman–Crippen LogP) is 8.40. The first-order chi connectivity index (χ1) is 36.4. The first-order valence-electron chi connectivity index (χ1n) is 27.6. The first kappa shape index (κ1) is 53.6. The summed E-state index contributed by atoms with van der Waals surface area (Å²) in [4.78, 5) is 54.5. The van der Waals surface area contributed by atoms with Gasteiger partial charge in [0.05, 0.1) is 47.7 Å². The smallest absolute Gasteiger partial charge is 0.419 e. The zero-order valence-corrected chi connectivity index (χ0v) is 45.9. The number of fused-ring (bicyclic) bond motifs is 4. The van der Waals surface area contributed by atoms with Crippen LogP contribution in [-0.2, 0) is 53.3 Å². The van der Waals surface area contributed by atoms with Crippen LogP contribution in [-0.4, -0.2) is 147 Å². The van der Waals surface area contributed by atoms with Crippen molar-refractivity contribution in [2.45, 2.75) is 118 Å². The van der Waals surface area contributed by atoms with E-state index in [4.69, 9.17) is 9.47 Å². The van der Waals surface area contributed by atoms with Crippen molar-refractivity contribution in [2.75, 3.05) is 78.7 Å². The molecule has 4 aromatic carbocycles. The fourth-order valence-electron chi connectivity index (χ4n) is 12.1. The van der Waals surface area contributed by atoms with E-state index in [1.54, 1.807) is 9.13 Å². The zero-order chi connectivity index (χ0) is 53.6. The van der Waals surface area contributed by atoms with Gasteiger partial charge in [-0.3, -0.25) is 35.0 Å². The van der Waals surface area contributed by atoms with Crippen molar-refractivity contribution in [3.8, 4) is 22.5 Å². The van der Waals surface area contributed by atoms with E-state index in [0.717, 1.165) is 156 Å². The van der Waals surface area contributed by atoms with Crippen LogP contribution in [0.4, 0.5) is 9.59 Å². The number of β-amino-alcohol motifs (C(OH)–C–C–N with tert-alkyl or cyclic N) is 2. The number of piperazine rings is 2. The minimum atomic E-state index is -0.761. The van der Waals surface area contributed by atoms with Crippen LogP contribution >= 0.6 is 0 Å². The van der Waals surface area contributed by atoms with Crippen molar-refractivity contribution in [2.24, 2.45) is 0 Å². The van der Waals surface area contributed by atoms with Gasteiger partial charge in [-0.15, -0.1) is 0 Å². The molecule has 2 unspecified atom stereocenters. The van der Waals surface area contributed by atoms with Crippen molar-refractivity contribution >= 4 is 39.8 Å². The van der Waals surface area contributed by atoms with E-state index in [-0.39, 0.29) is 19.0 Å². The Morgan fingerprint density at radius 3 is 1.28 bits per heavy atom. The van der Waals surface area contributed by atoms with Crippen molar-refractivity contribution in [3.63, 3.8) is 0 Å². The number of ether oxygens (including phenoxy) is 2. The van der Waals surface area contributed by atoms with Crippen molar-refractivity contribution in [1.29, 1.82) is 0 Å². The van der Waals surface area contributed by atoms with Gasteiger partial charge in [-0.2, -0.15) is 0 Å². The Balaban J connectivity index is 1.04. The molecule has 0 saturated carbocycles. The van der Waals surface area contributed by atoms with Gasteiger partial charge in [-0.1, -0.05) is 50.2 Å². The van der Waals surface area contributed by atoms with E-state index >= 15 is 4.79 Å². The Morgan fingerprint density at radius 1 is 0.539 bits per heavy atom. The largest absolute Gasteiger partial charge is 0.443 e. The van der Waals surface area contributed by atoms with Crippen molar-refractivity contribution in [1.82, 2.24) is 39.4 Å². The van der Waals surface area contributed by atoms with E-state index in [1.807, 2.05) is 53.7 Å². The summed E-state index contributed by atoms with van der Waals surface area (Å²) in [6.45, 7) is 27.0. The number of aryl methyl sites for hydroxylation is 2. The number of carbonyl (C=O) groups is 3. The number of nitrogens with one attached hydrogen (secondary N) is 2. The number of carbonyl (C=O) groups excluding carboxylic acids is 3. The molecule has 76 heavy (non-hydrogen) atoms. The van der Waals surface area contributed by atoms with Gasteiger partial charge in [-0.25, -0.2) is 18.7 Å². The molecule has 4 aliphatic rings. The lowest BCUT2D eigenvalue weighted by atomic mass is 9.85. The molecule has 0 amide bonds. The van der Waals surface area contributed by atoms with Crippen LogP contribution in [0.2, 0.25) is 0 Å². The molecule has 15 nitrogen and oxygen atoms in total. The van der Waals surface area contributed by atoms with Crippen LogP contribution in [0.1, 0.15) is 112 Å². The second-order valence-electron chi connectivity index (χ2n) is 23.2. The minimum Gasteiger partial charge on any atom is -0.443 e. The number of aliphatic hydroxyl groups is 2. The SMILES string of the molecule is CCc1ccc(-c2cc3cc(CN4CCN(CCO)CC4)ccc3n2C(=O)OC(C)(C)C)c2c1CNC2C(=O)C1NCc2c(CC)ccc(-c3cc4cc(CN5CCN(CCO)CC5)ccc4n3C(=O)OC(C)(C)C)c21. The minimum absolute atomic E-state index is 0.0379. The van der Waals surface area contributed by atoms with Gasteiger partial charge in [0.1, 0.15) is 11.2 Å². The fraction of sp³-hybridized carbons (Fsp3) is 0.492. The summed E-state index contributed by atoms with van der Waals surface area (Å²) >= 11 is 0. The molecule has 10 rings (SSSR count). The number of aliphatic hydroxyl groups excluding tert-OH is 2. The van der Waals surface area contributed by atoms with Crippen LogP contribution < -0.4 is 10.6 Å². The number of Topliss-reactive ketones (excluding diaryl/α,β-unsaturated/α-hetero) is 1. The Hall–Kier alpha value is -5.75. The van der Waals surface area contributed by atoms with Crippen LogP contribution in [0, 0.1) is 0 Å². The average molecular weight is 1040 g/mol. The highest BCUT2D eigenvalue weighted by Crippen LogP contribution is 2.46. The van der Waals surface area contributed by atoms with Gasteiger partial charge in [0, 0.05) is 114 Å². The summed E-state index contributed by atoms with van der Waals surface area (Å²) in [5.41, 5.74) is 11.3. The number of hydrogen-bond acceptors (Lipinski definition) is 13. The molecule has 6 aromatic rings. The standard InChI is InChI=1S/C61H78N8O7/c1-9-41-13-15-45(51-33-43-31-39(37-66-23-19-64(20-24-66)27-29-70)11-17-49(43)68(51)58(73)75-60(3,4)5)53-47(41)35-62-55(53)57(72)56-54-46(16-14-42(10-2)48(54)36-63-56)52-34-44-32-40(38-67-25-21-65(22-26-67)28-30-71)12-18-50(44)69(52)59(74)76-61(6,7)8/h11-18,31-34,55-56,62-63,70-71H,9-10,19-30,35-38H2,1-8H3. The molecule has 2 saturated heterocycles. The van der Waals surface area contributed by atoms with Crippen molar-refractivity contribution < 1.29 is 34.1 Å². The Kier molecular flexibility index (Phi) is 15.5. The monoisotopic (exact) mass is 1030 g/mol. The molecular weight excluding hydrogens is 957 g/mol. The van der Waals surface area contributed by atoms with E-state index in [1.165, 1.54) is 0 Å². The molecule has 6 heterocycles. The number of hydrogen-bond donors (Lipinski definition) is 4. The lowest BCUT2D eigenvalue weighted by Crippen LogP contribution is -2.46. The summed E-state index contributed by atoms with van der Waals surface area (Å²) in [5, 5.41) is 28.2. The zero-order valence-electron chi connectivity index (χ0n) is 45.9. The third kappa shape index (κ3) is 10.9. The molecule has 404 valence electrons. The molecule has 0 aliphatic carbocycles. The number of ketones is 1. The predicted molar refractivity (Wildman–Crippen MR) is 299 cm³/mol. The summed E-state index contributed by atoms with van der Waals surface area (Å²) in [6, 6.07) is 23.7. The maximum absolute atomic E-state index is 15.9. The fourth-order valence-corrected chi connectivity index (χ4v) is 12.1. The number of benzene rings is 4. The molecule has 2 aromatic heterocycles. The van der Waals surface area contributed by atoms with Gasteiger partial charge in [0.2, 0.25) is 0 Å². The third-order valence-electron chi connectivity index (χ3n) is 15.8. The highest BCUT2D eigenvalue weighted by molar-refractivity contribution is 6.02. The molecule has 2 atom stereocenters. The highest BCUT2D eigenvalue weighted by atomic mass is 16.6. The Labute approximate surface area is 447 Å². The number of aromatic nitrogens is 2. The molecule has 15 heteroatoms. The number of nitrogens with zero attached hydrogens (tertiary/aromatic N) is 6. The van der Waals surface area contributed by atoms with Gasteiger partial charge in [0.15, 0.2) is 5.78 Å². The van der Waals surface area contributed by atoms with E-state index < -0.39 is 35.5 Å². The summed E-state index contributed by atoms with van der Waals surface area (Å²) in [5.74, 6) is -0.0379. The summed E-state index contributed by atoms with van der Waals surface area (Å²) in [7, 11) is 0. The van der Waals surface area contributed by atoms with Gasteiger partial charge < -0.3 is 19.7 Å². The summed E-state index contributed by atoms with van der Waals surface area (Å²) < 4.78 is 15.7. The second kappa shape index (κ2) is 21.9. The molecule has 0 radical (unpaired) electrons. The highest BCUT2D eigenvalue weighted by Gasteiger charge is 2.42. The van der Waals surface area contributed by atoms with Crippen LogP contribution in [0.5, 0.6) is 0 Å². The van der Waals surface area contributed by atoms with Crippen LogP contribution in [0.3, 0.4) is 0 Å². The van der Waals surface area contributed by atoms with Crippen molar-refractivity contribution in [3.05, 3.63) is 117 Å². The molecule has 0 bridgehead atoms. The maximum Gasteiger partial charge on any atom is 0.419 e. The molecule has 4 aliphatic heterocycles. The summed E-state index contributed by atoms with van der Waals surface area (Å²) in [6.07, 6.45) is 0.565. The second-order valence-corrected chi connectivity index (χ2v) is 23.2. The third-order valence-corrected chi connectivity index (χ3v) is 15.8. The van der Waals surface area contributed by atoms with Crippen LogP contribution in [0.15, 0.2) is 72.8 Å². The Morgan fingerprint density at radius 2 is 0.921 bits per heavy atom. The molecule has 0 spiro atoms. The Bertz CT molecular complexity index is 2940. The van der Waals surface area contributed by atoms with Gasteiger partial charge in [0.25, 0.3) is 0 Å². The number of rotatable bonds is 14. The normalized spacial score (nSPS) is 18.9. The maximum atomic E-state index is 15.9.